The Morgan fingerprint density at radius 1 is 1.04 bits per heavy atom. The first-order valence-corrected chi connectivity index (χ1v) is 8.63. The maximum absolute atomic E-state index is 12.3. The number of rotatable bonds is 1. The minimum Gasteiger partial charge on any atom is -0.309 e. The molecule has 3 aromatic rings. The van der Waals surface area contributed by atoms with E-state index in [0.29, 0.717) is 26.9 Å². The molecule has 8 heteroatoms. The van der Waals surface area contributed by atoms with Gasteiger partial charge < -0.3 is 4.57 Å². The van der Waals surface area contributed by atoms with Crippen molar-refractivity contribution in [3.63, 3.8) is 0 Å². The molecule has 0 bridgehead atoms. The van der Waals surface area contributed by atoms with Crippen molar-refractivity contribution in [1.29, 1.82) is 0 Å². The molecule has 0 amide bonds. The van der Waals surface area contributed by atoms with Crippen LogP contribution in [0.4, 0.5) is 0 Å². The fourth-order valence-electron chi connectivity index (χ4n) is 2.43. The normalized spacial score (nSPS) is 11.2. The van der Waals surface area contributed by atoms with Gasteiger partial charge in [-0.3, -0.25) is 4.79 Å². The molecule has 0 spiro atoms. The number of nitrogens with zero attached hydrogens (tertiary/aromatic N) is 2. The molecule has 3 nitrogen and oxygen atoms in total. The molecule has 2 heterocycles. The number of hydrogen-bond acceptors (Lipinski definition) is 2. The minimum atomic E-state index is -0.266. The van der Waals surface area contributed by atoms with Gasteiger partial charge in [-0.2, -0.15) is 0 Å². The Labute approximate surface area is 159 Å². The van der Waals surface area contributed by atoms with Crippen molar-refractivity contribution in [2.24, 2.45) is 0 Å². The first-order chi connectivity index (χ1) is 10.8. The second-order valence-corrected chi connectivity index (χ2v) is 7.32. The molecule has 0 aliphatic carbocycles. The van der Waals surface area contributed by atoms with Crippen molar-refractivity contribution in [2.75, 3.05) is 0 Å². The van der Waals surface area contributed by atoms with Crippen LogP contribution in [0.3, 0.4) is 0 Å². The SMILES string of the molecule is Cc1cc(=O)c2c(Cl)ncc(Cl)c2n1-c1c(Cl)cc(Br)cc1Cl. The Kier molecular flexibility index (Phi) is 4.64. The van der Waals surface area contributed by atoms with Crippen LogP contribution in [0, 0.1) is 6.92 Å². The van der Waals surface area contributed by atoms with Crippen LogP contribution in [0.1, 0.15) is 5.69 Å². The Morgan fingerprint density at radius 3 is 2.26 bits per heavy atom. The lowest BCUT2D eigenvalue weighted by molar-refractivity contribution is 1.02. The first kappa shape index (κ1) is 17.1. The predicted molar refractivity (Wildman–Crippen MR) is 99.8 cm³/mol. The lowest BCUT2D eigenvalue weighted by Crippen LogP contribution is -2.13. The number of fused-ring (bicyclic) bond motifs is 1. The average Bonchev–Trinajstić information content (AvgIpc) is 2.44. The lowest BCUT2D eigenvalue weighted by Gasteiger charge is -2.18. The van der Waals surface area contributed by atoms with E-state index in [1.807, 2.05) is 0 Å². The molecule has 3 rings (SSSR count). The molecular formula is C15H7BrCl4N2O. The lowest BCUT2D eigenvalue weighted by atomic mass is 10.2. The molecule has 0 radical (unpaired) electrons. The van der Waals surface area contributed by atoms with E-state index in [1.54, 1.807) is 23.6 Å². The van der Waals surface area contributed by atoms with Crippen LogP contribution in [-0.4, -0.2) is 9.55 Å². The zero-order valence-corrected chi connectivity index (χ0v) is 16.1. The van der Waals surface area contributed by atoms with E-state index in [0.717, 1.165) is 4.47 Å². The van der Waals surface area contributed by atoms with Crippen LogP contribution in [0.15, 0.2) is 33.7 Å². The van der Waals surface area contributed by atoms with Gasteiger partial charge in [0, 0.05) is 22.4 Å². The number of halogens is 5. The standard InChI is InChI=1S/C15H7BrCl4N2O/c1-6-2-11(23)12-14(10(19)5-21-15(12)20)22(6)13-8(17)3-7(16)4-9(13)18/h2-5H,1H3. The minimum absolute atomic E-state index is 0.0764. The maximum atomic E-state index is 12.3. The predicted octanol–water partition coefficient (Wildman–Crippen LogP) is 6.07. The first-order valence-electron chi connectivity index (χ1n) is 6.32. The van der Waals surface area contributed by atoms with Gasteiger partial charge in [-0.15, -0.1) is 0 Å². The fourth-order valence-corrected chi connectivity index (χ4v) is 4.27. The van der Waals surface area contributed by atoms with Gasteiger partial charge in [0.1, 0.15) is 5.15 Å². The Balaban J connectivity index is 2.59. The highest BCUT2D eigenvalue weighted by Crippen LogP contribution is 2.37. The second kappa shape index (κ2) is 6.26. The highest BCUT2D eigenvalue weighted by atomic mass is 79.9. The van der Waals surface area contributed by atoms with Crippen LogP contribution < -0.4 is 5.43 Å². The van der Waals surface area contributed by atoms with Crippen LogP contribution in [0.2, 0.25) is 20.2 Å². The topological polar surface area (TPSA) is 34.9 Å². The number of aromatic nitrogens is 2. The fraction of sp³-hybridized carbons (Fsp3) is 0.0667. The zero-order valence-electron chi connectivity index (χ0n) is 11.5. The summed E-state index contributed by atoms with van der Waals surface area (Å²) in [5.41, 5.74) is 1.29. The summed E-state index contributed by atoms with van der Waals surface area (Å²) in [6.45, 7) is 1.76. The smallest absolute Gasteiger partial charge is 0.192 e. The van der Waals surface area contributed by atoms with E-state index in [-0.39, 0.29) is 21.0 Å². The van der Waals surface area contributed by atoms with Crippen molar-refractivity contribution in [3.8, 4) is 5.69 Å². The molecule has 0 unspecified atom stereocenters. The third-order valence-electron chi connectivity index (χ3n) is 3.33. The highest BCUT2D eigenvalue weighted by Gasteiger charge is 2.19. The average molecular weight is 453 g/mol. The van der Waals surface area contributed by atoms with Crippen molar-refractivity contribution >= 4 is 73.2 Å². The van der Waals surface area contributed by atoms with Crippen molar-refractivity contribution in [3.05, 3.63) is 65.0 Å². The largest absolute Gasteiger partial charge is 0.309 e. The molecule has 0 fully saturated rings. The molecule has 2 aromatic heterocycles. The van der Waals surface area contributed by atoms with Gasteiger partial charge >= 0.3 is 0 Å². The molecule has 0 saturated carbocycles. The monoisotopic (exact) mass is 450 g/mol. The summed E-state index contributed by atoms with van der Waals surface area (Å²) in [6, 6.07) is 4.87. The highest BCUT2D eigenvalue weighted by molar-refractivity contribution is 9.10. The summed E-state index contributed by atoms with van der Waals surface area (Å²) in [6.07, 6.45) is 1.39. The van der Waals surface area contributed by atoms with Crippen molar-refractivity contribution in [2.45, 2.75) is 6.92 Å². The number of hydrogen-bond donors (Lipinski definition) is 0. The molecule has 0 N–H and O–H groups in total. The van der Waals surface area contributed by atoms with Crippen LogP contribution in [-0.2, 0) is 0 Å². The third-order valence-corrected chi connectivity index (χ3v) is 4.93. The number of pyridine rings is 2. The molecular weight excluding hydrogens is 446 g/mol. The molecule has 0 saturated heterocycles. The molecule has 1 aromatic carbocycles. The third kappa shape index (κ3) is 2.87. The molecule has 118 valence electrons. The van der Waals surface area contributed by atoms with Gasteiger partial charge in [0.15, 0.2) is 5.43 Å². The van der Waals surface area contributed by atoms with Crippen LogP contribution in [0.5, 0.6) is 0 Å². The van der Waals surface area contributed by atoms with Gasteiger partial charge in [-0.25, -0.2) is 4.98 Å². The Morgan fingerprint density at radius 2 is 1.65 bits per heavy atom. The maximum Gasteiger partial charge on any atom is 0.192 e. The van der Waals surface area contributed by atoms with Gasteiger partial charge in [0.25, 0.3) is 0 Å². The second-order valence-electron chi connectivity index (χ2n) is 4.82. The summed E-state index contributed by atoms with van der Waals surface area (Å²) in [5.74, 6) is 0. The van der Waals surface area contributed by atoms with Gasteiger partial charge in [0.2, 0.25) is 0 Å². The van der Waals surface area contributed by atoms with E-state index in [9.17, 15) is 4.79 Å². The molecule has 0 aliphatic rings. The zero-order chi connectivity index (χ0) is 16.9. The number of aryl methyl sites for hydroxylation is 1. The van der Waals surface area contributed by atoms with Crippen molar-refractivity contribution < 1.29 is 0 Å². The van der Waals surface area contributed by atoms with E-state index in [1.165, 1.54) is 12.3 Å². The molecule has 0 aliphatic heterocycles. The van der Waals surface area contributed by atoms with E-state index in [4.69, 9.17) is 46.4 Å². The van der Waals surface area contributed by atoms with Gasteiger partial charge in [0.05, 0.1) is 31.7 Å². The van der Waals surface area contributed by atoms with Crippen LogP contribution >= 0.6 is 62.3 Å². The summed E-state index contributed by atoms with van der Waals surface area (Å²) in [4.78, 5) is 16.2. The van der Waals surface area contributed by atoms with E-state index >= 15 is 0 Å². The summed E-state index contributed by atoms with van der Waals surface area (Å²) >= 11 is 28.5. The van der Waals surface area contributed by atoms with Gasteiger partial charge in [-0.05, 0) is 19.1 Å². The quantitative estimate of drug-likeness (QED) is 0.420. The van der Waals surface area contributed by atoms with E-state index < -0.39 is 0 Å². The van der Waals surface area contributed by atoms with Crippen LogP contribution in [0.25, 0.3) is 16.6 Å². The Hall–Kier alpha value is -0.780. The van der Waals surface area contributed by atoms with Crippen molar-refractivity contribution in [1.82, 2.24) is 9.55 Å². The van der Waals surface area contributed by atoms with E-state index in [2.05, 4.69) is 20.9 Å². The summed E-state index contributed by atoms with van der Waals surface area (Å²) in [5, 5.41) is 1.38. The Bertz CT molecular complexity index is 994. The summed E-state index contributed by atoms with van der Waals surface area (Å²) < 4.78 is 2.45. The molecule has 0 atom stereocenters. The summed E-state index contributed by atoms with van der Waals surface area (Å²) in [7, 11) is 0. The molecule has 23 heavy (non-hydrogen) atoms. The van der Waals surface area contributed by atoms with Gasteiger partial charge in [-0.1, -0.05) is 62.3 Å². The number of benzene rings is 1.